The second kappa shape index (κ2) is 8.72. The SMILES string of the molecule is CCCCC/C=C/C=C/[C@H]1CC2(C[C@@H](C)N1)OCCCO2. The minimum absolute atomic E-state index is 0.340. The average molecular weight is 293 g/mol. The molecule has 2 rings (SSSR count). The van der Waals surface area contributed by atoms with Crippen molar-refractivity contribution in [2.75, 3.05) is 13.2 Å². The molecule has 0 saturated carbocycles. The van der Waals surface area contributed by atoms with Crippen LogP contribution in [0.25, 0.3) is 0 Å². The Labute approximate surface area is 129 Å². The van der Waals surface area contributed by atoms with Crippen LogP contribution in [0.5, 0.6) is 0 Å². The number of nitrogens with one attached hydrogen (secondary N) is 1. The number of unbranched alkanes of at least 4 members (excludes halogenated alkanes) is 3. The van der Waals surface area contributed by atoms with Crippen LogP contribution in [-0.4, -0.2) is 31.1 Å². The van der Waals surface area contributed by atoms with Crippen molar-refractivity contribution >= 4 is 0 Å². The second-order valence-electron chi connectivity index (χ2n) is 6.35. The fourth-order valence-corrected chi connectivity index (χ4v) is 3.23. The van der Waals surface area contributed by atoms with Crippen molar-refractivity contribution in [2.24, 2.45) is 0 Å². The van der Waals surface area contributed by atoms with E-state index in [0.29, 0.717) is 12.1 Å². The zero-order valence-electron chi connectivity index (χ0n) is 13.6. The molecule has 3 nitrogen and oxygen atoms in total. The molecule has 3 heteroatoms. The lowest BCUT2D eigenvalue weighted by Gasteiger charge is -2.45. The topological polar surface area (TPSA) is 30.5 Å². The molecule has 2 heterocycles. The summed E-state index contributed by atoms with van der Waals surface area (Å²) in [5.41, 5.74) is 0. The highest BCUT2D eigenvalue weighted by atomic mass is 16.7. The van der Waals surface area contributed by atoms with Gasteiger partial charge in [0.2, 0.25) is 0 Å². The van der Waals surface area contributed by atoms with Crippen LogP contribution in [0.1, 0.15) is 58.8 Å². The van der Waals surface area contributed by atoms with Crippen LogP contribution in [0.2, 0.25) is 0 Å². The summed E-state index contributed by atoms with van der Waals surface area (Å²) in [7, 11) is 0. The number of ether oxygens (including phenoxy) is 2. The van der Waals surface area contributed by atoms with Crippen molar-refractivity contribution < 1.29 is 9.47 Å². The van der Waals surface area contributed by atoms with Gasteiger partial charge in [0.15, 0.2) is 5.79 Å². The van der Waals surface area contributed by atoms with Gasteiger partial charge in [-0.15, -0.1) is 0 Å². The van der Waals surface area contributed by atoms with Crippen molar-refractivity contribution in [3.05, 3.63) is 24.3 Å². The van der Waals surface area contributed by atoms with Gasteiger partial charge in [0.25, 0.3) is 0 Å². The van der Waals surface area contributed by atoms with Gasteiger partial charge >= 0.3 is 0 Å². The van der Waals surface area contributed by atoms with E-state index in [1.807, 2.05) is 0 Å². The molecule has 0 amide bonds. The molecule has 1 N–H and O–H groups in total. The molecule has 0 aromatic heterocycles. The molecule has 0 radical (unpaired) electrons. The van der Waals surface area contributed by atoms with Gasteiger partial charge < -0.3 is 14.8 Å². The third-order valence-electron chi connectivity index (χ3n) is 4.23. The number of rotatable bonds is 6. The van der Waals surface area contributed by atoms with Gasteiger partial charge in [0.1, 0.15) is 0 Å². The van der Waals surface area contributed by atoms with Crippen LogP contribution in [0.15, 0.2) is 24.3 Å². The van der Waals surface area contributed by atoms with E-state index in [-0.39, 0.29) is 5.79 Å². The third kappa shape index (κ3) is 5.57. The Morgan fingerprint density at radius 3 is 2.71 bits per heavy atom. The largest absolute Gasteiger partial charge is 0.350 e. The minimum atomic E-state index is -0.344. The van der Waals surface area contributed by atoms with E-state index in [4.69, 9.17) is 9.47 Å². The molecule has 2 fully saturated rings. The fraction of sp³-hybridized carbons (Fsp3) is 0.778. The van der Waals surface area contributed by atoms with Gasteiger partial charge in [-0.05, 0) is 26.2 Å². The molecule has 0 aromatic carbocycles. The normalized spacial score (nSPS) is 29.6. The zero-order chi connectivity index (χ0) is 15.0. The van der Waals surface area contributed by atoms with Gasteiger partial charge in [-0.3, -0.25) is 0 Å². The summed E-state index contributed by atoms with van der Waals surface area (Å²) in [4.78, 5) is 0. The summed E-state index contributed by atoms with van der Waals surface area (Å²) >= 11 is 0. The summed E-state index contributed by atoms with van der Waals surface area (Å²) in [5.74, 6) is -0.344. The van der Waals surface area contributed by atoms with Crippen molar-refractivity contribution in [3.8, 4) is 0 Å². The lowest BCUT2D eigenvalue weighted by Crippen LogP contribution is -2.55. The van der Waals surface area contributed by atoms with Crippen LogP contribution in [0, 0.1) is 0 Å². The number of piperidine rings is 1. The second-order valence-corrected chi connectivity index (χ2v) is 6.35. The molecule has 2 saturated heterocycles. The van der Waals surface area contributed by atoms with E-state index in [1.165, 1.54) is 25.7 Å². The van der Waals surface area contributed by atoms with Crippen LogP contribution < -0.4 is 5.32 Å². The van der Waals surface area contributed by atoms with Gasteiger partial charge in [0.05, 0.1) is 13.2 Å². The van der Waals surface area contributed by atoms with Gasteiger partial charge in [-0.1, -0.05) is 44.1 Å². The third-order valence-corrected chi connectivity index (χ3v) is 4.23. The maximum absolute atomic E-state index is 5.96. The predicted molar refractivity (Wildman–Crippen MR) is 87.3 cm³/mol. The Morgan fingerprint density at radius 2 is 1.95 bits per heavy atom. The van der Waals surface area contributed by atoms with E-state index in [2.05, 4.69) is 43.5 Å². The zero-order valence-corrected chi connectivity index (χ0v) is 13.6. The van der Waals surface area contributed by atoms with Gasteiger partial charge in [-0.25, -0.2) is 0 Å². The fourth-order valence-electron chi connectivity index (χ4n) is 3.23. The first-order valence-electron chi connectivity index (χ1n) is 8.61. The van der Waals surface area contributed by atoms with Crippen molar-refractivity contribution in [2.45, 2.75) is 76.7 Å². The molecule has 2 atom stereocenters. The van der Waals surface area contributed by atoms with Crippen LogP contribution in [0.3, 0.4) is 0 Å². The Bertz CT molecular complexity index is 345. The first kappa shape index (κ1) is 16.7. The molecular weight excluding hydrogens is 262 g/mol. The number of allylic oxidation sites excluding steroid dienone is 3. The monoisotopic (exact) mass is 293 g/mol. The summed E-state index contributed by atoms with van der Waals surface area (Å²) in [6.45, 7) is 6.12. The van der Waals surface area contributed by atoms with E-state index in [1.54, 1.807) is 0 Å². The Kier molecular flexibility index (Phi) is 6.94. The number of hydrogen-bond acceptors (Lipinski definition) is 3. The van der Waals surface area contributed by atoms with Crippen LogP contribution in [0.4, 0.5) is 0 Å². The standard InChI is InChI=1S/C18H31NO2/c1-3-4-5-6-7-8-9-11-17-15-18(14-16(2)19-17)20-12-10-13-21-18/h7-9,11,16-17,19H,3-6,10,12-15H2,1-2H3/b8-7+,11-9+/t16-,17+/m1/s1. The van der Waals surface area contributed by atoms with E-state index < -0.39 is 0 Å². The summed E-state index contributed by atoms with van der Waals surface area (Å²) in [5, 5.41) is 3.62. The summed E-state index contributed by atoms with van der Waals surface area (Å²) in [6, 6.07) is 0.771. The molecule has 0 aliphatic carbocycles. The average Bonchev–Trinajstić information content (AvgIpc) is 2.46. The Hall–Kier alpha value is -0.640. The molecule has 0 aromatic rings. The smallest absolute Gasteiger partial charge is 0.171 e. The molecule has 1 spiro atoms. The first-order valence-corrected chi connectivity index (χ1v) is 8.61. The van der Waals surface area contributed by atoms with E-state index >= 15 is 0 Å². The highest BCUT2D eigenvalue weighted by molar-refractivity contribution is 5.09. The van der Waals surface area contributed by atoms with Crippen LogP contribution >= 0.6 is 0 Å². The Morgan fingerprint density at radius 1 is 1.14 bits per heavy atom. The quantitative estimate of drug-likeness (QED) is 0.594. The maximum Gasteiger partial charge on any atom is 0.171 e. The predicted octanol–water partition coefficient (Wildman–Crippen LogP) is 3.95. The van der Waals surface area contributed by atoms with Crippen LogP contribution in [-0.2, 0) is 9.47 Å². The molecule has 0 bridgehead atoms. The van der Waals surface area contributed by atoms with Crippen molar-refractivity contribution in [1.29, 1.82) is 0 Å². The molecule has 120 valence electrons. The highest BCUT2D eigenvalue weighted by Crippen LogP contribution is 2.33. The molecule has 2 aliphatic heterocycles. The van der Waals surface area contributed by atoms with Crippen molar-refractivity contribution in [1.82, 2.24) is 5.32 Å². The lowest BCUT2D eigenvalue weighted by molar-refractivity contribution is -0.283. The van der Waals surface area contributed by atoms with Gasteiger partial charge in [0, 0.05) is 24.9 Å². The van der Waals surface area contributed by atoms with Gasteiger partial charge in [-0.2, -0.15) is 0 Å². The highest BCUT2D eigenvalue weighted by Gasteiger charge is 2.41. The maximum atomic E-state index is 5.96. The molecule has 0 unspecified atom stereocenters. The first-order chi connectivity index (χ1) is 10.2. The molecular formula is C18H31NO2. The Balaban J connectivity index is 1.79. The van der Waals surface area contributed by atoms with E-state index in [0.717, 1.165) is 32.5 Å². The summed E-state index contributed by atoms with van der Waals surface area (Å²) in [6.07, 6.45) is 16.8. The van der Waals surface area contributed by atoms with Crippen molar-refractivity contribution in [3.63, 3.8) is 0 Å². The molecule has 2 aliphatic rings. The number of hydrogen-bond donors (Lipinski definition) is 1. The summed E-state index contributed by atoms with van der Waals surface area (Å²) < 4.78 is 11.9. The minimum Gasteiger partial charge on any atom is -0.350 e. The lowest BCUT2D eigenvalue weighted by atomic mass is 9.92. The van der Waals surface area contributed by atoms with E-state index in [9.17, 15) is 0 Å². The molecule has 21 heavy (non-hydrogen) atoms.